The van der Waals surface area contributed by atoms with Crippen molar-refractivity contribution in [2.75, 3.05) is 5.32 Å². The number of hydrogen-bond acceptors (Lipinski definition) is 2. The summed E-state index contributed by atoms with van der Waals surface area (Å²) in [6.45, 7) is 1.96. The van der Waals surface area contributed by atoms with Gasteiger partial charge in [-0.05, 0) is 72.0 Å². The van der Waals surface area contributed by atoms with Gasteiger partial charge < -0.3 is 9.88 Å². The summed E-state index contributed by atoms with van der Waals surface area (Å²) in [5, 5.41) is 2.91. The third kappa shape index (κ3) is 2.78. The predicted molar refractivity (Wildman–Crippen MR) is 92.6 cm³/mol. The Bertz CT molecular complexity index is 821. The maximum atomic E-state index is 12.2. The number of amides is 1. The molecule has 4 nitrogen and oxygen atoms in total. The minimum absolute atomic E-state index is 0.113. The van der Waals surface area contributed by atoms with Crippen LogP contribution in [0.1, 0.15) is 16.2 Å². The number of aryl methyl sites for hydroxylation is 2. The Labute approximate surface area is 136 Å². The molecule has 0 atom stereocenters. The third-order valence-electron chi connectivity index (χ3n) is 3.47. The number of anilines is 1. The largest absolute Gasteiger partial charge is 0.331 e. The lowest BCUT2D eigenvalue weighted by Crippen LogP contribution is -2.11. The zero-order valence-corrected chi connectivity index (χ0v) is 13.9. The molecule has 0 aliphatic carbocycles. The highest BCUT2D eigenvalue weighted by Gasteiger charge is 2.08. The van der Waals surface area contributed by atoms with E-state index in [1.54, 1.807) is 0 Å². The van der Waals surface area contributed by atoms with E-state index in [4.69, 9.17) is 0 Å². The lowest BCUT2D eigenvalue weighted by molar-refractivity contribution is 0.102. The molecule has 1 heterocycles. The lowest BCUT2D eigenvalue weighted by atomic mass is 10.2. The Morgan fingerprint density at radius 1 is 1.19 bits per heavy atom. The summed E-state index contributed by atoms with van der Waals surface area (Å²) in [4.78, 5) is 16.7. The molecule has 0 bridgehead atoms. The predicted octanol–water partition coefficient (Wildman–Crippen LogP) is 3.74. The van der Waals surface area contributed by atoms with Crippen LogP contribution in [-0.4, -0.2) is 15.5 Å². The van der Waals surface area contributed by atoms with E-state index in [2.05, 4.69) is 32.9 Å². The van der Waals surface area contributed by atoms with Gasteiger partial charge in [-0.3, -0.25) is 4.79 Å². The number of aromatic nitrogens is 2. The Kier molecular flexibility index (Phi) is 3.67. The van der Waals surface area contributed by atoms with Crippen LogP contribution < -0.4 is 5.32 Å². The SMILES string of the molecule is Cc1nc2cc(NC(=O)c3ccc(I)cc3)ccc2n1C. The molecule has 1 aromatic heterocycles. The maximum absolute atomic E-state index is 12.2. The molecule has 0 unspecified atom stereocenters. The van der Waals surface area contributed by atoms with Crippen molar-refractivity contribution < 1.29 is 4.79 Å². The number of hydrogen-bond donors (Lipinski definition) is 1. The highest BCUT2D eigenvalue weighted by molar-refractivity contribution is 14.1. The van der Waals surface area contributed by atoms with Gasteiger partial charge in [-0.15, -0.1) is 0 Å². The van der Waals surface area contributed by atoms with Crippen LogP contribution in [0.2, 0.25) is 0 Å². The summed E-state index contributed by atoms with van der Waals surface area (Å²) in [6.07, 6.45) is 0. The third-order valence-corrected chi connectivity index (χ3v) is 4.19. The summed E-state index contributed by atoms with van der Waals surface area (Å²) in [5.74, 6) is 0.838. The van der Waals surface area contributed by atoms with Gasteiger partial charge in [0.25, 0.3) is 5.91 Å². The number of carbonyl (C=O) groups excluding carboxylic acids is 1. The number of nitrogens with zero attached hydrogens (tertiary/aromatic N) is 2. The zero-order chi connectivity index (χ0) is 15.0. The average Bonchev–Trinajstić information content (AvgIpc) is 2.74. The summed E-state index contributed by atoms with van der Waals surface area (Å²) in [6, 6.07) is 13.2. The van der Waals surface area contributed by atoms with Gasteiger partial charge in [-0.25, -0.2) is 4.98 Å². The molecule has 0 aliphatic heterocycles. The standard InChI is InChI=1S/C16H14IN3O/c1-10-18-14-9-13(7-8-15(14)20(10)2)19-16(21)11-3-5-12(17)6-4-11/h3-9H,1-2H3,(H,19,21). The Morgan fingerprint density at radius 3 is 2.62 bits per heavy atom. The molecule has 106 valence electrons. The first-order chi connectivity index (χ1) is 10.0. The zero-order valence-electron chi connectivity index (χ0n) is 11.7. The monoisotopic (exact) mass is 391 g/mol. The summed E-state index contributed by atoms with van der Waals surface area (Å²) < 4.78 is 3.13. The van der Waals surface area contributed by atoms with Crippen LogP contribution in [0, 0.1) is 10.5 Å². The van der Waals surface area contributed by atoms with Gasteiger partial charge in [0.1, 0.15) is 5.82 Å². The number of imidazole rings is 1. The number of nitrogens with one attached hydrogen (secondary N) is 1. The summed E-state index contributed by atoms with van der Waals surface area (Å²) in [5.41, 5.74) is 3.34. The van der Waals surface area contributed by atoms with Crippen LogP contribution in [0.3, 0.4) is 0 Å². The normalized spacial score (nSPS) is 10.8. The highest BCUT2D eigenvalue weighted by atomic mass is 127. The van der Waals surface area contributed by atoms with E-state index >= 15 is 0 Å². The van der Waals surface area contributed by atoms with Crippen LogP contribution in [0.5, 0.6) is 0 Å². The molecular formula is C16H14IN3O. The average molecular weight is 391 g/mol. The van der Waals surface area contributed by atoms with E-state index < -0.39 is 0 Å². The van der Waals surface area contributed by atoms with Crippen molar-refractivity contribution >= 4 is 45.2 Å². The Balaban J connectivity index is 1.87. The van der Waals surface area contributed by atoms with Gasteiger partial charge in [-0.2, -0.15) is 0 Å². The van der Waals surface area contributed by atoms with E-state index in [-0.39, 0.29) is 5.91 Å². The molecule has 0 fully saturated rings. The van der Waals surface area contributed by atoms with Gasteiger partial charge in [-0.1, -0.05) is 0 Å². The smallest absolute Gasteiger partial charge is 0.255 e. The first kappa shape index (κ1) is 14.1. The first-order valence-corrected chi connectivity index (χ1v) is 7.62. The van der Waals surface area contributed by atoms with Crippen LogP contribution in [-0.2, 0) is 7.05 Å². The fraction of sp³-hybridized carbons (Fsp3) is 0.125. The van der Waals surface area contributed by atoms with Crippen molar-refractivity contribution in [3.05, 3.63) is 57.4 Å². The lowest BCUT2D eigenvalue weighted by Gasteiger charge is -2.05. The second-order valence-electron chi connectivity index (χ2n) is 4.88. The Morgan fingerprint density at radius 2 is 1.90 bits per heavy atom. The number of rotatable bonds is 2. The molecule has 0 saturated heterocycles. The number of fused-ring (bicyclic) bond motifs is 1. The molecule has 1 N–H and O–H groups in total. The van der Waals surface area contributed by atoms with E-state index in [1.807, 2.05) is 61.0 Å². The molecule has 0 radical (unpaired) electrons. The van der Waals surface area contributed by atoms with Crippen molar-refractivity contribution in [3.63, 3.8) is 0 Å². The van der Waals surface area contributed by atoms with Gasteiger partial charge in [0.2, 0.25) is 0 Å². The second kappa shape index (κ2) is 5.48. The van der Waals surface area contributed by atoms with Gasteiger partial charge in [0.15, 0.2) is 0 Å². The molecule has 1 amide bonds. The second-order valence-corrected chi connectivity index (χ2v) is 6.13. The maximum Gasteiger partial charge on any atom is 0.255 e. The summed E-state index contributed by atoms with van der Waals surface area (Å²) in [7, 11) is 1.98. The van der Waals surface area contributed by atoms with Crippen LogP contribution in [0.25, 0.3) is 11.0 Å². The van der Waals surface area contributed by atoms with E-state index in [9.17, 15) is 4.79 Å². The van der Waals surface area contributed by atoms with Crippen molar-refractivity contribution in [1.82, 2.24) is 9.55 Å². The number of carbonyl (C=O) groups is 1. The Hall–Kier alpha value is -1.89. The molecule has 2 aromatic carbocycles. The van der Waals surface area contributed by atoms with Gasteiger partial charge >= 0.3 is 0 Å². The fourth-order valence-electron chi connectivity index (χ4n) is 2.20. The molecular weight excluding hydrogens is 377 g/mol. The fourth-order valence-corrected chi connectivity index (χ4v) is 2.56. The van der Waals surface area contributed by atoms with E-state index in [0.29, 0.717) is 5.56 Å². The van der Waals surface area contributed by atoms with Crippen molar-refractivity contribution in [2.45, 2.75) is 6.92 Å². The number of halogens is 1. The highest BCUT2D eigenvalue weighted by Crippen LogP contribution is 2.20. The molecule has 3 aromatic rings. The van der Waals surface area contributed by atoms with E-state index in [1.165, 1.54) is 0 Å². The van der Waals surface area contributed by atoms with Crippen molar-refractivity contribution in [1.29, 1.82) is 0 Å². The van der Waals surface area contributed by atoms with Crippen molar-refractivity contribution in [3.8, 4) is 0 Å². The molecule has 0 aliphatic rings. The molecule has 5 heteroatoms. The van der Waals surface area contributed by atoms with Crippen molar-refractivity contribution in [2.24, 2.45) is 7.05 Å². The van der Waals surface area contributed by atoms with Crippen LogP contribution >= 0.6 is 22.6 Å². The van der Waals surface area contributed by atoms with Gasteiger partial charge in [0, 0.05) is 21.9 Å². The van der Waals surface area contributed by atoms with Crippen LogP contribution in [0.4, 0.5) is 5.69 Å². The quantitative estimate of drug-likeness (QED) is 0.677. The molecule has 21 heavy (non-hydrogen) atoms. The number of benzene rings is 2. The molecule has 0 saturated carbocycles. The minimum Gasteiger partial charge on any atom is -0.331 e. The molecule has 0 spiro atoms. The van der Waals surface area contributed by atoms with Gasteiger partial charge in [0.05, 0.1) is 11.0 Å². The van der Waals surface area contributed by atoms with Crippen LogP contribution in [0.15, 0.2) is 42.5 Å². The topological polar surface area (TPSA) is 46.9 Å². The van der Waals surface area contributed by atoms with E-state index in [0.717, 1.165) is 26.1 Å². The molecule has 3 rings (SSSR count). The minimum atomic E-state index is -0.113. The first-order valence-electron chi connectivity index (χ1n) is 6.54. The summed E-state index contributed by atoms with van der Waals surface area (Å²) >= 11 is 2.22.